The fourth-order valence-corrected chi connectivity index (χ4v) is 2.41. The molecule has 0 N–H and O–H groups in total. The van der Waals surface area contributed by atoms with Gasteiger partial charge in [-0.2, -0.15) is 0 Å². The summed E-state index contributed by atoms with van der Waals surface area (Å²) in [5.41, 5.74) is 0. The second-order valence-corrected chi connectivity index (χ2v) is 6.80. The Labute approximate surface area is 116 Å². The molecule has 0 rings (SSSR count). The predicted molar refractivity (Wildman–Crippen MR) is 83.1 cm³/mol. The Kier molecular flexibility index (Phi) is 9.76. The SMILES string of the molecule is CC(C)CC(C)N(C)CCC(C)CCCN(C)C. The highest BCUT2D eigenvalue weighted by Gasteiger charge is 2.12. The minimum absolute atomic E-state index is 0.721. The second kappa shape index (κ2) is 9.80. The van der Waals surface area contributed by atoms with E-state index < -0.39 is 0 Å². The second-order valence-electron chi connectivity index (χ2n) is 6.80. The van der Waals surface area contributed by atoms with Crippen LogP contribution in [0, 0.1) is 11.8 Å². The molecule has 0 aromatic rings. The lowest BCUT2D eigenvalue weighted by atomic mass is 10.00. The number of nitrogens with zero attached hydrogens (tertiary/aromatic N) is 2. The molecule has 0 aromatic carbocycles. The Bertz CT molecular complexity index is 190. The third kappa shape index (κ3) is 9.90. The average molecular weight is 256 g/mol. The standard InChI is InChI=1S/C16H36N2/c1-14(2)13-16(4)18(7)12-10-15(3)9-8-11-17(5)6/h14-16H,8-13H2,1-7H3. The first-order valence-electron chi connectivity index (χ1n) is 7.67. The van der Waals surface area contributed by atoms with E-state index in [0.29, 0.717) is 0 Å². The highest BCUT2D eigenvalue weighted by molar-refractivity contribution is 4.67. The van der Waals surface area contributed by atoms with Gasteiger partial charge >= 0.3 is 0 Å². The maximum atomic E-state index is 2.53. The summed E-state index contributed by atoms with van der Waals surface area (Å²) in [5, 5.41) is 0. The molecular weight excluding hydrogens is 220 g/mol. The Morgan fingerprint density at radius 2 is 1.44 bits per heavy atom. The fourth-order valence-electron chi connectivity index (χ4n) is 2.41. The minimum Gasteiger partial charge on any atom is -0.309 e. The topological polar surface area (TPSA) is 6.48 Å². The molecule has 0 saturated carbocycles. The van der Waals surface area contributed by atoms with E-state index in [4.69, 9.17) is 0 Å². The zero-order valence-corrected chi connectivity index (χ0v) is 13.9. The van der Waals surface area contributed by atoms with Crippen molar-refractivity contribution in [2.45, 2.75) is 59.4 Å². The van der Waals surface area contributed by atoms with Crippen molar-refractivity contribution < 1.29 is 0 Å². The van der Waals surface area contributed by atoms with Crippen LogP contribution in [0.25, 0.3) is 0 Å². The minimum atomic E-state index is 0.721. The molecule has 0 amide bonds. The Morgan fingerprint density at radius 1 is 0.833 bits per heavy atom. The molecule has 2 heteroatoms. The zero-order valence-electron chi connectivity index (χ0n) is 13.9. The highest BCUT2D eigenvalue weighted by atomic mass is 15.1. The summed E-state index contributed by atoms with van der Waals surface area (Å²) in [5.74, 6) is 1.67. The van der Waals surface area contributed by atoms with Crippen molar-refractivity contribution in [3.05, 3.63) is 0 Å². The van der Waals surface area contributed by atoms with Gasteiger partial charge in [-0.15, -0.1) is 0 Å². The molecular formula is C16H36N2. The first-order valence-corrected chi connectivity index (χ1v) is 7.67. The largest absolute Gasteiger partial charge is 0.309 e. The van der Waals surface area contributed by atoms with E-state index in [9.17, 15) is 0 Å². The van der Waals surface area contributed by atoms with Gasteiger partial charge < -0.3 is 9.80 Å². The monoisotopic (exact) mass is 256 g/mol. The van der Waals surface area contributed by atoms with Crippen molar-refractivity contribution in [1.82, 2.24) is 9.80 Å². The maximum absolute atomic E-state index is 2.53. The van der Waals surface area contributed by atoms with Crippen molar-refractivity contribution >= 4 is 0 Å². The van der Waals surface area contributed by atoms with Gasteiger partial charge in [-0.1, -0.05) is 20.8 Å². The molecule has 18 heavy (non-hydrogen) atoms. The van der Waals surface area contributed by atoms with Gasteiger partial charge in [-0.05, 0) is 78.7 Å². The molecule has 0 aliphatic heterocycles. The number of rotatable bonds is 10. The number of hydrogen-bond donors (Lipinski definition) is 0. The van der Waals surface area contributed by atoms with Crippen molar-refractivity contribution in [3.8, 4) is 0 Å². The lowest BCUT2D eigenvalue weighted by Gasteiger charge is -2.27. The van der Waals surface area contributed by atoms with Crippen LogP contribution in [-0.2, 0) is 0 Å². The summed E-state index contributed by atoms with van der Waals surface area (Å²) in [6, 6.07) is 0.721. The zero-order chi connectivity index (χ0) is 14.1. The van der Waals surface area contributed by atoms with E-state index in [2.05, 4.69) is 58.6 Å². The quantitative estimate of drug-likeness (QED) is 0.588. The van der Waals surface area contributed by atoms with Gasteiger partial charge in [-0.3, -0.25) is 0 Å². The van der Waals surface area contributed by atoms with Crippen LogP contribution in [0.3, 0.4) is 0 Å². The Hall–Kier alpha value is -0.0800. The normalized spacial score (nSPS) is 15.7. The van der Waals surface area contributed by atoms with Crippen molar-refractivity contribution in [2.24, 2.45) is 11.8 Å². The van der Waals surface area contributed by atoms with Crippen LogP contribution in [0.15, 0.2) is 0 Å². The van der Waals surface area contributed by atoms with Gasteiger partial charge in [0.25, 0.3) is 0 Å². The summed E-state index contributed by atoms with van der Waals surface area (Å²) in [4.78, 5) is 4.81. The smallest absolute Gasteiger partial charge is 0.00663 e. The summed E-state index contributed by atoms with van der Waals surface area (Å²) in [6.45, 7) is 11.9. The van der Waals surface area contributed by atoms with Crippen LogP contribution < -0.4 is 0 Å². The van der Waals surface area contributed by atoms with Crippen LogP contribution in [0.1, 0.15) is 53.4 Å². The average Bonchev–Trinajstić information content (AvgIpc) is 2.24. The third-order valence-electron chi connectivity index (χ3n) is 3.84. The third-order valence-corrected chi connectivity index (χ3v) is 3.84. The van der Waals surface area contributed by atoms with Gasteiger partial charge in [0, 0.05) is 6.04 Å². The predicted octanol–water partition coefficient (Wildman–Crippen LogP) is 3.72. The summed E-state index contributed by atoms with van der Waals surface area (Å²) < 4.78 is 0. The molecule has 0 spiro atoms. The van der Waals surface area contributed by atoms with Gasteiger partial charge in [0.15, 0.2) is 0 Å². The first kappa shape index (κ1) is 17.9. The summed E-state index contributed by atoms with van der Waals surface area (Å²) in [6.07, 6.45) is 5.35. The van der Waals surface area contributed by atoms with Gasteiger partial charge in [0.1, 0.15) is 0 Å². The van der Waals surface area contributed by atoms with Crippen molar-refractivity contribution in [3.63, 3.8) is 0 Å². The molecule has 0 aliphatic carbocycles. The molecule has 0 aliphatic rings. The maximum Gasteiger partial charge on any atom is 0.00663 e. The summed E-state index contributed by atoms with van der Waals surface area (Å²) >= 11 is 0. The van der Waals surface area contributed by atoms with E-state index in [1.165, 1.54) is 38.8 Å². The van der Waals surface area contributed by atoms with Crippen LogP contribution >= 0.6 is 0 Å². The molecule has 2 atom stereocenters. The van der Waals surface area contributed by atoms with E-state index in [0.717, 1.165) is 17.9 Å². The van der Waals surface area contributed by atoms with Gasteiger partial charge in [-0.25, -0.2) is 0 Å². The molecule has 0 radical (unpaired) electrons. The lowest BCUT2D eigenvalue weighted by molar-refractivity contribution is 0.212. The van der Waals surface area contributed by atoms with Crippen LogP contribution in [0.5, 0.6) is 0 Å². The Balaban J connectivity index is 3.67. The molecule has 0 heterocycles. The molecule has 0 aromatic heterocycles. The summed E-state index contributed by atoms with van der Waals surface area (Å²) in [7, 11) is 6.59. The molecule has 2 unspecified atom stereocenters. The number of hydrogen-bond acceptors (Lipinski definition) is 2. The van der Waals surface area contributed by atoms with Gasteiger partial charge in [0.05, 0.1) is 0 Å². The van der Waals surface area contributed by atoms with Crippen LogP contribution in [0.2, 0.25) is 0 Å². The fraction of sp³-hybridized carbons (Fsp3) is 1.00. The lowest BCUT2D eigenvalue weighted by Crippen LogP contribution is -2.31. The first-order chi connectivity index (χ1) is 8.32. The van der Waals surface area contributed by atoms with E-state index in [1.807, 2.05) is 0 Å². The highest BCUT2D eigenvalue weighted by Crippen LogP contribution is 2.14. The van der Waals surface area contributed by atoms with E-state index in [-0.39, 0.29) is 0 Å². The molecule has 2 nitrogen and oxygen atoms in total. The van der Waals surface area contributed by atoms with E-state index >= 15 is 0 Å². The molecule has 0 fully saturated rings. The van der Waals surface area contributed by atoms with Crippen LogP contribution in [0.4, 0.5) is 0 Å². The van der Waals surface area contributed by atoms with Crippen LogP contribution in [-0.4, -0.2) is 50.1 Å². The molecule has 0 bridgehead atoms. The van der Waals surface area contributed by atoms with Gasteiger partial charge in [0.2, 0.25) is 0 Å². The van der Waals surface area contributed by atoms with Crippen molar-refractivity contribution in [2.75, 3.05) is 34.2 Å². The molecule has 110 valence electrons. The van der Waals surface area contributed by atoms with Crippen molar-refractivity contribution in [1.29, 1.82) is 0 Å². The Morgan fingerprint density at radius 3 is 1.94 bits per heavy atom. The van der Waals surface area contributed by atoms with E-state index in [1.54, 1.807) is 0 Å². The molecule has 0 saturated heterocycles.